The van der Waals surface area contributed by atoms with Crippen LogP contribution in [0.25, 0.3) is 10.9 Å². The van der Waals surface area contributed by atoms with Gasteiger partial charge in [0.2, 0.25) is 0 Å². The Hall–Kier alpha value is -2.86. The molecule has 3 aromatic rings. The van der Waals surface area contributed by atoms with Crippen molar-refractivity contribution in [2.75, 3.05) is 26.0 Å². The van der Waals surface area contributed by atoms with Crippen LogP contribution in [-0.2, 0) is 7.05 Å². The van der Waals surface area contributed by atoms with Crippen molar-refractivity contribution in [1.29, 1.82) is 0 Å². The molecule has 1 heterocycles. The maximum absolute atomic E-state index is 12.9. The number of carbonyl (C=O) groups is 1. The number of likely N-dealkylation sites (N-methyl/N-ethyl adjacent to an activating group) is 1. The first-order valence-corrected chi connectivity index (χ1v) is 8.46. The number of fused-ring (bicyclic) bond motifs is 1. The van der Waals surface area contributed by atoms with Gasteiger partial charge < -0.3 is 20.1 Å². The highest BCUT2D eigenvalue weighted by molar-refractivity contribution is 5.89. The van der Waals surface area contributed by atoms with Gasteiger partial charge in [0.15, 0.2) is 0 Å². The summed E-state index contributed by atoms with van der Waals surface area (Å²) in [6, 6.07) is 13.6. The van der Waals surface area contributed by atoms with Crippen molar-refractivity contribution in [1.82, 2.24) is 14.8 Å². The lowest BCUT2D eigenvalue weighted by atomic mass is 10.0. The molecular weight excluding hydrogens is 331 g/mol. The van der Waals surface area contributed by atoms with Crippen LogP contribution >= 0.6 is 0 Å². The Kier molecular flexibility index (Phi) is 5.23. The number of hydrogen-bond donors (Lipinski definition) is 2. The molecule has 2 N–H and O–H groups in total. The number of anilines is 1. The van der Waals surface area contributed by atoms with Gasteiger partial charge in [0.25, 0.3) is 0 Å². The van der Waals surface area contributed by atoms with Gasteiger partial charge in [0, 0.05) is 36.4 Å². The number of aromatic nitrogens is 1. The van der Waals surface area contributed by atoms with E-state index in [4.69, 9.17) is 0 Å². The Morgan fingerprint density at radius 1 is 1.15 bits per heavy atom. The Labute approximate surface area is 152 Å². The molecule has 136 valence electrons. The van der Waals surface area contributed by atoms with E-state index >= 15 is 0 Å². The van der Waals surface area contributed by atoms with Crippen LogP contribution in [0, 0.1) is 5.82 Å². The zero-order chi connectivity index (χ0) is 18.7. The lowest BCUT2D eigenvalue weighted by Crippen LogP contribution is -2.36. The summed E-state index contributed by atoms with van der Waals surface area (Å²) in [6.45, 7) is 0.452. The van der Waals surface area contributed by atoms with Gasteiger partial charge in [0.1, 0.15) is 5.82 Å². The molecule has 0 radical (unpaired) electrons. The molecule has 0 aliphatic heterocycles. The van der Waals surface area contributed by atoms with Crippen molar-refractivity contribution >= 4 is 22.6 Å². The number of nitrogens with zero attached hydrogens (tertiary/aromatic N) is 2. The van der Waals surface area contributed by atoms with Crippen LogP contribution in [0.4, 0.5) is 14.9 Å². The first-order valence-electron chi connectivity index (χ1n) is 8.46. The molecule has 0 saturated heterocycles. The SMILES string of the molecule is CN(C)C(CNC(=O)Nc1ccc(F)cc1)c1cn(C)c2ccccc12. The van der Waals surface area contributed by atoms with E-state index in [0.717, 1.165) is 11.1 Å². The number of rotatable bonds is 5. The number of amides is 2. The van der Waals surface area contributed by atoms with Gasteiger partial charge in [0.05, 0.1) is 6.04 Å². The molecule has 0 bridgehead atoms. The predicted molar refractivity (Wildman–Crippen MR) is 103 cm³/mol. The number of aryl methyl sites for hydroxylation is 1. The molecule has 5 nitrogen and oxygen atoms in total. The number of urea groups is 1. The molecule has 0 fully saturated rings. The smallest absolute Gasteiger partial charge is 0.319 e. The van der Waals surface area contributed by atoms with Crippen molar-refractivity contribution in [3.63, 3.8) is 0 Å². The Balaban J connectivity index is 1.72. The van der Waals surface area contributed by atoms with Crippen LogP contribution < -0.4 is 10.6 Å². The van der Waals surface area contributed by atoms with E-state index in [9.17, 15) is 9.18 Å². The average molecular weight is 354 g/mol. The minimum atomic E-state index is -0.334. The molecule has 1 unspecified atom stereocenters. The van der Waals surface area contributed by atoms with Crippen LogP contribution in [0.3, 0.4) is 0 Å². The van der Waals surface area contributed by atoms with E-state index in [1.807, 2.05) is 33.3 Å². The fourth-order valence-corrected chi connectivity index (χ4v) is 3.11. The summed E-state index contributed by atoms with van der Waals surface area (Å²) in [5, 5.41) is 6.80. The summed E-state index contributed by atoms with van der Waals surface area (Å²) >= 11 is 0. The Morgan fingerprint density at radius 3 is 2.54 bits per heavy atom. The van der Waals surface area contributed by atoms with Crippen LogP contribution in [0.5, 0.6) is 0 Å². The van der Waals surface area contributed by atoms with E-state index in [-0.39, 0.29) is 17.9 Å². The summed E-state index contributed by atoms with van der Waals surface area (Å²) < 4.78 is 15.0. The molecule has 26 heavy (non-hydrogen) atoms. The lowest BCUT2D eigenvalue weighted by molar-refractivity contribution is 0.243. The summed E-state index contributed by atoms with van der Waals surface area (Å²) in [5.74, 6) is -0.334. The second-order valence-electron chi connectivity index (χ2n) is 6.53. The molecule has 1 atom stereocenters. The van der Waals surface area contributed by atoms with Gasteiger partial charge in [-0.25, -0.2) is 9.18 Å². The van der Waals surface area contributed by atoms with Gasteiger partial charge in [-0.15, -0.1) is 0 Å². The average Bonchev–Trinajstić information content (AvgIpc) is 2.94. The van der Waals surface area contributed by atoms with E-state index in [2.05, 4.69) is 38.4 Å². The number of para-hydroxylation sites is 1. The van der Waals surface area contributed by atoms with Gasteiger partial charge in [-0.1, -0.05) is 18.2 Å². The number of hydrogen-bond acceptors (Lipinski definition) is 2. The molecule has 0 saturated carbocycles. The lowest BCUT2D eigenvalue weighted by Gasteiger charge is -2.24. The largest absolute Gasteiger partial charge is 0.350 e. The van der Waals surface area contributed by atoms with E-state index < -0.39 is 0 Å². The maximum atomic E-state index is 12.9. The van der Waals surface area contributed by atoms with Crippen LogP contribution in [-0.4, -0.2) is 36.1 Å². The summed E-state index contributed by atoms with van der Waals surface area (Å²) in [4.78, 5) is 14.3. The standard InChI is InChI=1S/C20H23FN4O/c1-24(2)19(17-13-25(3)18-7-5-4-6-16(17)18)12-22-20(26)23-15-10-8-14(21)9-11-15/h4-11,13,19H,12H2,1-3H3,(H2,22,23,26). The minimum Gasteiger partial charge on any atom is -0.350 e. The van der Waals surface area contributed by atoms with E-state index in [1.54, 1.807) is 0 Å². The zero-order valence-electron chi connectivity index (χ0n) is 15.2. The molecule has 1 aromatic heterocycles. The van der Waals surface area contributed by atoms with E-state index in [1.165, 1.54) is 29.7 Å². The minimum absolute atomic E-state index is 0.0278. The molecule has 0 aliphatic carbocycles. The topological polar surface area (TPSA) is 49.3 Å². The van der Waals surface area contributed by atoms with Crippen molar-refractivity contribution in [3.05, 3.63) is 66.1 Å². The normalized spacial score (nSPS) is 12.3. The molecule has 2 aromatic carbocycles. The molecular formula is C20H23FN4O. The fourth-order valence-electron chi connectivity index (χ4n) is 3.11. The third kappa shape index (κ3) is 3.86. The van der Waals surface area contributed by atoms with Gasteiger partial charge in [-0.3, -0.25) is 0 Å². The molecule has 2 amide bonds. The fraction of sp³-hybridized carbons (Fsp3) is 0.250. The third-order valence-electron chi connectivity index (χ3n) is 4.47. The van der Waals surface area contributed by atoms with Gasteiger partial charge in [-0.2, -0.15) is 0 Å². The highest BCUT2D eigenvalue weighted by Gasteiger charge is 2.20. The van der Waals surface area contributed by atoms with Crippen molar-refractivity contribution in [2.45, 2.75) is 6.04 Å². The zero-order valence-corrected chi connectivity index (χ0v) is 15.2. The number of carbonyl (C=O) groups excluding carboxylic acids is 1. The summed E-state index contributed by atoms with van der Waals surface area (Å²) in [5.41, 5.74) is 2.87. The first-order chi connectivity index (χ1) is 12.5. The van der Waals surface area contributed by atoms with Crippen LogP contribution in [0.1, 0.15) is 11.6 Å². The number of nitrogens with one attached hydrogen (secondary N) is 2. The van der Waals surface area contributed by atoms with E-state index in [0.29, 0.717) is 12.2 Å². The number of benzene rings is 2. The molecule has 6 heteroatoms. The Morgan fingerprint density at radius 2 is 1.85 bits per heavy atom. The van der Waals surface area contributed by atoms with Crippen molar-refractivity contribution < 1.29 is 9.18 Å². The summed E-state index contributed by atoms with van der Waals surface area (Å²) in [7, 11) is 6.01. The molecule has 0 spiro atoms. The quantitative estimate of drug-likeness (QED) is 0.733. The highest BCUT2D eigenvalue weighted by Crippen LogP contribution is 2.28. The first kappa shape index (κ1) is 17.9. The monoisotopic (exact) mass is 354 g/mol. The highest BCUT2D eigenvalue weighted by atomic mass is 19.1. The third-order valence-corrected chi connectivity index (χ3v) is 4.47. The van der Waals surface area contributed by atoms with Crippen LogP contribution in [0.2, 0.25) is 0 Å². The van der Waals surface area contributed by atoms with Gasteiger partial charge >= 0.3 is 6.03 Å². The second-order valence-corrected chi connectivity index (χ2v) is 6.53. The summed E-state index contributed by atoms with van der Waals surface area (Å²) in [6.07, 6.45) is 2.11. The second kappa shape index (κ2) is 7.58. The maximum Gasteiger partial charge on any atom is 0.319 e. The Bertz CT molecular complexity index is 902. The molecule has 0 aliphatic rings. The predicted octanol–water partition coefficient (Wildman–Crippen LogP) is 3.74. The number of halogens is 1. The van der Waals surface area contributed by atoms with Gasteiger partial charge in [-0.05, 0) is 50.0 Å². The van der Waals surface area contributed by atoms with Crippen molar-refractivity contribution in [2.24, 2.45) is 7.05 Å². The molecule has 3 rings (SSSR count). The van der Waals surface area contributed by atoms with Crippen molar-refractivity contribution in [3.8, 4) is 0 Å². The van der Waals surface area contributed by atoms with Crippen LogP contribution in [0.15, 0.2) is 54.7 Å².